The molecule has 150 valence electrons. The number of benzene rings is 1. The van der Waals surface area contributed by atoms with Gasteiger partial charge < -0.3 is 15.5 Å². The van der Waals surface area contributed by atoms with Gasteiger partial charge >= 0.3 is 6.03 Å². The first kappa shape index (κ1) is 21.6. The Morgan fingerprint density at radius 3 is 2.48 bits per heavy atom. The lowest BCUT2D eigenvalue weighted by Gasteiger charge is -2.34. The first-order chi connectivity index (χ1) is 12.8. The van der Waals surface area contributed by atoms with Crippen LogP contribution < -0.4 is 10.6 Å². The first-order valence-corrected chi connectivity index (χ1v) is 11.1. The van der Waals surface area contributed by atoms with Gasteiger partial charge in [-0.15, -0.1) is 0 Å². The fourth-order valence-electron chi connectivity index (χ4n) is 2.65. The number of carbonyl (C=O) groups excluding carboxylic acids is 2. The summed E-state index contributed by atoms with van der Waals surface area (Å²) in [5.41, 5.74) is 0. The molecule has 2 rings (SSSR count). The SMILES string of the molecule is CCCNC(=O)[C@@H](C)NC(=O)N1CCN(S(=O)(=O)c2cccc(Br)c2)CC1. The van der Waals surface area contributed by atoms with Gasteiger partial charge in [-0.25, -0.2) is 13.2 Å². The normalized spacial score (nSPS) is 16.6. The minimum absolute atomic E-state index is 0.207. The monoisotopic (exact) mass is 460 g/mol. The highest BCUT2D eigenvalue weighted by molar-refractivity contribution is 9.10. The number of nitrogens with zero attached hydrogens (tertiary/aromatic N) is 2. The van der Waals surface area contributed by atoms with E-state index in [1.165, 1.54) is 9.21 Å². The molecule has 1 aliphatic rings. The van der Waals surface area contributed by atoms with Crippen molar-refractivity contribution in [3.63, 3.8) is 0 Å². The lowest BCUT2D eigenvalue weighted by Crippen LogP contribution is -2.56. The summed E-state index contributed by atoms with van der Waals surface area (Å²) in [6, 6.07) is 5.53. The molecule has 10 heteroatoms. The molecule has 0 aliphatic carbocycles. The van der Waals surface area contributed by atoms with Crippen molar-refractivity contribution in [1.29, 1.82) is 0 Å². The number of nitrogens with one attached hydrogen (secondary N) is 2. The second-order valence-corrected chi connectivity index (χ2v) is 9.16. The van der Waals surface area contributed by atoms with E-state index in [1.54, 1.807) is 31.2 Å². The molecule has 1 fully saturated rings. The highest BCUT2D eigenvalue weighted by Crippen LogP contribution is 2.21. The molecule has 1 aliphatic heterocycles. The Morgan fingerprint density at radius 1 is 1.22 bits per heavy atom. The van der Waals surface area contributed by atoms with Crippen molar-refractivity contribution in [3.05, 3.63) is 28.7 Å². The minimum atomic E-state index is -3.60. The molecule has 3 amide bonds. The van der Waals surface area contributed by atoms with Gasteiger partial charge in [-0.3, -0.25) is 4.79 Å². The molecular formula is C17H25BrN4O4S. The molecular weight excluding hydrogens is 436 g/mol. The van der Waals surface area contributed by atoms with Gasteiger partial charge in [0.25, 0.3) is 0 Å². The molecule has 1 aromatic carbocycles. The van der Waals surface area contributed by atoms with E-state index in [2.05, 4.69) is 26.6 Å². The molecule has 1 aromatic rings. The van der Waals surface area contributed by atoms with Crippen LogP contribution in [0, 0.1) is 0 Å². The van der Waals surface area contributed by atoms with Gasteiger partial charge in [-0.1, -0.05) is 28.9 Å². The number of carbonyl (C=O) groups is 2. The number of hydrogen-bond donors (Lipinski definition) is 2. The average molecular weight is 461 g/mol. The van der Waals surface area contributed by atoms with Crippen molar-refractivity contribution in [2.75, 3.05) is 32.7 Å². The molecule has 1 saturated heterocycles. The Labute approximate surface area is 168 Å². The Hall–Kier alpha value is -1.65. The third-order valence-electron chi connectivity index (χ3n) is 4.24. The van der Waals surface area contributed by atoms with Crippen LogP contribution in [0.15, 0.2) is 33.6 Å². The predicted molar refractivity (Wildman–Crippen MR) is 106 cm³/mol. The molecule has 0 radical (unpaired) electrons. The van der Waals surface area contributed by atoms with Crippen molar-refractivity contribution in [2.24, 2.45) is 0 Å². The molecule has 2 N–H and O–H groups in total. The maximum atomic E-state index is 12.7. The molecule has 1 atom stereocenters. The van der Waals surface area contributed by atoms with Crippen LogP contribution in [-0.2, 0) is 14.8 Å². The average Bonchev–Trinajstić information content (AvgIpc) is 2.66. The first-order valence-electron chi connectivity index (χ1n) is 8.84. The van der Waals surface area contributed by atoms with Crippen molar-refractivity contribution in [2.45, 2.75) is 31.2 Å². The van der Waals surface area contributed by atoms with Crippen LogP contribution in [0.3, 0.4) is 0 Å². The zero-order valence-electron chi connectivity index (χ0n) is 15.4. The van der Waals surface area contributed by atoms with Crippen LogP contribution in [0.25, 0.3) is 0 Å². The van der Waals surface area contributed by atoms with E-state index in [0.717, 1.165) is 6.42 Å². The van der Waals surface area contributed by atoms with E-state index >= 15 is 0 Å². The zero-order chi connectivity index (χ0) is 20.0. The van der Waals surface area contributed by atoms with E-state index in [1.807, 2.05) is 6.92 Å². The van der Waals surface area contributed by atoms with Gasteiger partial charge in [0.2, 0.25) is 15.9 Å². The third kappa shape index (κ3) is 5.66. The Kier molecular flexibility index (Phi) is 7.63. The summed E-state index contributed by atoms with van der Waals surface area (Å²) in [5, 5.41) is 5.38. The second-order valence-electron chi connectivity index (χ2n) is 6.31. The topological polar surface area (TPSA) is 98.8 Å². The van der Waals surface area contributed by atoms with Gasteiger partial charge in [0.1, 0.15) is 6.04 Å². The van der Waals surface area contributed by atoms with E-state index in [-0.39, 0.29) is 43.0 Å². The van der Waals surface area contributed by atoms with Crippen molar-refractivity contribution in [3.8, 4) is 0 Å². The summed E-state index contributed by atoms with van der Waals surface area (Å²) >= 11 is 3.28. The van der Waals surface area contributed by atoms with E-state index in [4.69, 9.17) is 0 Å². The number of urea groups is 1. The fourth-order valence-corrected chi connectivity index (χ4v) is 4.67. The van der Waals surface area contributed by atoms with Gasteiger partial charge in [0, 0.05) is 37.2 Å². The molecule has 0 saturated carbocycles. The highest BCUT2D eigenvalue weighted by Gasteiger charge is 2.31. The largest absolute Gasteiger partial charge is 0.354 e. The standard InChI is InChI=1S/C17H25BrN4O4S/c1-3-7-19-16(23)13(2)20-17(24)21-8-10-22(11-9-21)27(25,26)15-6-4-5-14(18)12-15/h4-6,12-13H,3,7-11H2,1-2H3,(H,19,23)(H,20,24)/t13-/m1/s1. The molecule has 0 aromatic heterocycles. The Bertz CT molecular complexity index is 779. The lowest BCUT2D eigenvalue weighted by molar-refractivity contribution is -0.122. The van der Waals surface area contributed by atoms with E-state index < -0.39 is 16.1 Å². The van der Waals surface area contributed by atoms with Gasteiger partial charge in [-0.05, 0) is 31.5 Å². The van der Waals surface area contributed by atoms with Crippen molar-refractivity contribution >= 4 is 37.9 Å². The van der Waals surface area contributed by atoms with Crippen LogP contribution in [0.1, 0.15) is 20.3 Å². The maximum Gasteiger partial charge on any atom is 0.318 e. The van der Waals surface area contributed by atoms with Crippen LogP contribution >= 0.6 is 15.9 Å². The molecule has 0 unspecified atom stereocenters. The summed E-state index contributed by atoms with van der Waals surface area (Å²) in [5.74, 6) is -0.235. The maximum absolute atomic E-state index is 12.7. The fraction of sp³-hybridized carbons (Fsp3) is 0.529. The van der Waals surface area contributed by atoms with Crippen LogP contribution in [0.2, 0.25) is 0 Å². The van der Waals surface area contributed by atoms with Crippen LogP contribution in [-0.4, -0.2) is 68.3 Å². The van der Waals surface area contributed by atoms with Crippen molar-refractivity contribution < 1.29 is 18.0 Å². The second kappa shape index (κ2) is 9.52. The van der Waals surface area contributed by atoms with Crippen LogP contribution in [0.5, 0.6) is 0 Å². The molecule has 0 spiro atoms. The quantitative estimate of drug-likeness (QED) is 0.669. The number of rotatable bonds is 6. The van der Waals surface area contributed by atoms with Crippen LogP contribution in [0.4, 0.5) is 4.79 Å². The third-order valence-corrected chi connectivity index (χ3v) is 6.63. The number of sulfonamides is 1. The lowest BCUT2D eigenvalue weighted by atomic mass is 10.3. The number of piperazine rings is 1. The molecule has 8 nitrogen and oxygen atoms in total. The minimum Gasteiger partial charge on any atom is -0.354 e. The van der Waals surface area contributed by atoms with Gasteiger partial charge in [0.15, 0.2) is 0 Å². The number of halogens is 1. The summed E-state index contributed by atoms with van der Waals surface area (Å²) < 4.78 is 27.5. The molecule has 1 heterocycles. The summed E-state index contributed by atoms with van der Waals surface area (Å²) in [6.45, 7) is 5.08. The highest BCUT2D eigenvalue weighted by atomic mass is 79.9. The van der Waals surface area contributed by atoms with E-state index in [9.17, 15) is 18.0 Å². The number of hydrogen-bond acceptors (Lipinski definition) is 4. The Balaban J connectivity index is 1.91. The van der Waals surface area contributed by atoms with Gasteiger partial charge in [0.05, 0.1) is 4.90 Å². The predicted octanol–water partition coefficient (Wildman–Crippen LogP) is 1.38. The molecule has 0 bridgehead atoms. The van der Waals surface area contributed by atoms with E-state index in [0.29, 0.717) is 11.0 Å². The van der Waals surface area contributed by atoms with Crippen molar-refractivity contribution in [1.82, 2.24) is 19.8 Å². The number of amides is 3. The van der Waals surface area contributed by atoms with Gasteiger partial charge in [-0.2, -0.15) is 4.31 Å². The summed E-state index contributed by atoms with van der Waals surface area (Å²) in [6.07, 6.45) is 0.820. The smallest absolute Gasteiger partial charge is 0.318 e. The molecule has 27 heavy (non-hydrogen) atoms. The Morgan fingerprint density at radius 2 is 1.89 bits per heavy atom. The summed E-state index contributed by atoms with van der Waals surface area (Å²) in [4.78, 5) is 25.9. The zero-order valence-corrected chi connectivity index (χ0v) is 17.8. The summed E-state index contributed by atoms with van der Waals surface area (Å²) in [7, 11) is -3.60.